The molecular weight excluding hydrogens is 486 g/mol. The molecule has 0 bridgehead atoms. The molecule has 1 aromatic carbocycles. The molecule has 8 nitrogen and oxygen atoms in total. The highest BCUT2D eigenvalue weighted by Crippen LogP contribution is 2.50. The largest absolute Gasteiger partial charge is 0.496 e. The zero-order valence-electron chi connectivity index (χ0n) is 20.1. The van der Waals surface area contributed by atoms with E-state index in [1.807, 2.05) is 6.07 Å². The van der Waals surface area contributed by atoms with Gasteiger partial charge >= 0.3 is 5.97 Å². The molecule has 2 aromatic heterocycles. The smallest absolute Gasteiger partial charge is 0.330 e. The van der Waals surface area contributed by atoms with Gasteiger partial charge < -0.3 is 19.8 Å². The second-order valence-corrected chi connectivity index (χ2v) is 11.4. The van der Waals surface area contributed by atoms with Gasteiger partial charge in [0, 0.05) is 41.5 Å². The van der Waals surface area contributed by atoms with Gasteiger partial charge in [-0.3, -0.25) is 4.79 Å². The summed E-state index contributed by atoms with van der Waals surface area (Å²) < 4.78 is 9.93. The summed E-state index contributed by atoms with van der Waals surface area (Å²) >= 11 is 2.57. The van der Waals surface area contributed by atoms with Crippen molar-refractivity contribution in [1.82, 2.24) is 14.3 Å². The highest BCUT2D eigenvalue weighted by atomic mass is 32.1. The van der Waals surface area contributed by atoms with Crippen LogP contribution in [0.2, 0.25) is 0 Å². The van der Waals surface area contributed by atoms with E-state index in [-0.39, 0.29) is 24.9 Å². The fourth-order valence-corrected chi connectivity index (χ4v) is 6.29. The van der Waals surface area contributed by atoms with Crippen LogP contribution in [0.25, 0.3) is 0 Å². The fourth-order valence-electron chi connectivity index (χ4n) is 4.93. The van der Waals surface area contributed by atoms with Gasteiger partial charge in [-0.15, -0.1) is 11.3 Å². The van der Waals surface area contributed by atoms with Crippen LogP contribution in [0.1, 0.15) is 59.9 Å². The molecule has 0 radical (unpaired) electrons. The van der Waals surface area contributed by atoms with Crippen molar-refractivity contribution in [3.63, 3.8) is 0 Å². The van der Waals surface area contributed by atoms with Crippen molar-refractivity contribution in [2.24, 2.45) is 5.92 Å². The maximum Gasteiger partial charge on any atom is 0.330 e. The highest BCUT2D eigenvalue weighted by Gasteiger charge is 2.59. The fraction of sp³-hybridized carbons (Fsp3) is 0.440. The summed E-state index contributed by atoms with van der Waals surface area (Å²) in [4.78, 5) is 32.9. The van der Waals surface area contributed by atoms with E-state index in [4.69, 9.17) is 4.74 Å². The molecule has 186 valence electrons. The number of carbonyl (C=O) groups excluding carboxylic acids is 1. The molecule has 0 aliphatic carbocycles. The molecule has 35 heavy (non-hydrogen) atoms. The first-order valence-electron chi connectivity index (χ1n) is 11.3. The number of amides is 1. The number of hydrogen-bond donors (Lipinski definition) is 2. The molecule has 3 aromatic rings. The summed E-state index contributed by atoms with van der Waals surface area (Å²) in [6, 6.07) is 6.32. The number of aliphatic hydroxyl groups excluding tert-OH is 1. The molecule has 1 amide bonds. The van der Waals surface area contributed by atoms with Gasteiger partial charge in [0.05, 0.1) is 18.8 Å². The summed E-state index contributed by atoms with van der Waals surface area (Å²) in [6.45, 7) is 5.90. The minimum atomic E-state index is -1.59. The lowest BCUT2D eigenvalue weighted by Crippen LogP contribution is -2.55. The van der Waals surface area contributed by atoms with Gasteiger partial charge in [-0.25, -0.2) is 9.78 Å². The van der Waals surface area contributed by atoms with Crippen molar-refractivity contribution in [3.8, 4) is 5.75 Å². The molecule has 4 rings (SSSR count). The number of carboxylic acid groups (broad SMARTS) is 1. The van der Waals surface area contributed by atoms with Gasteiger partial charge in [-0.05, 0) is 47.1 Å². The van der Waals surface area contributed by atoms with E-state index >= 15 is 0 Å². The lowest BCUT2D eigenvalue weighted by Gasteiger charge is -2.37. The number of nitrogens with zero attached hydrogens (tertiary/aromatic N) is 3. The Balaban J connectivity index is 1.88. The quantitative estimate of drug-likeness (QED) is 0.486. The van der Waals surface area contributed by atoms with E-state index in [1.165, 1.54) is 27.8 Å². The number of ether oxygens (including phenoxy) is 1. The molecule has 2 N–H and O–H groups in total. The molecule has 10 heteroatoms. The summed E-state index contributed by atoms with van der Waals surface area (Å²) in [6.07, 6.45) is 1.75. The predicted octanol–water partition coefficient (Wildman–Crippen LogP) is 4.17. The van der Waals surface area contributed by atoms with Crippen LogP contribution >= 0.6 is 22.9 Å². The van der Waals surface area contributed by atoms with Crippen molar-refractivity contribution < 1.29 is 24.5 Å². The number of thiazole rings is 1. The van der Waals surface area contributed by atoms with Crippen LogP contribution < -0.4 is 4.74 Å². The van der Waals surface area contributed by atoms with Crippen LogP contribution in [0.5, 0.6) is 5.75 Å². The number of carbonyl (C=O) groups is 2. The van der Waals surface area contributed by atoms with Crippen molar-refractivity contribution in [1.29, 1.82) is 0 Å². The Kier molecular flexibility index (Phi) is 6.99. The van der Waals surface area contributed by atoms with E-state index < -0.39 is 29.4 Å². The first-order chi connectivity index (χ1) is 16.6. The number of aliphatic carboxylic acids is 1. The number of methoxy groups -OCH3 is 1. The minimum absolute atomic E-state index is 0.0349. The molecule has 1 fully saturated rings. The summed E-state index contributed by atoms with van der Waals surface area (Å²) in [5.41, 5.74) is 0.0487. The summed E-state index contributed by atoms with van der Waals surface area (Å²) in [5.74, 6) is -1.50. The third kappa shape index (κ3) is 4.57. The molecule has 0 unspecified atom stereocenters. The van der Waals surface area contributed by atoms with Crippen LogP contribution in [0, 0.1) is 5.92 Å². The SMILES string of the molecule is COc1cc(C(=O)N2[C@@H](c3nccs3)[C@@H](CO)C[C@@]2(Cc2ccsn2)C(=O)O)ccc1C(C)(C)C. The molecule has 0 saturated carbocycles. The van der Waals surface area contributed by atoms with Gasteiger partial charge in [-0.2, -0.15) is 4.37 Å². The van der Waals surface area contributed by atoms with E-state index in [2.05, 4.69) is 30.1 Å². The second kappa shape index (κ2) is 9.67. The topological polar surface area (TPSA) is 113 Å². The second-order valence-electron chi connectivity index (χ2n) is 9.81. The molecular formula is C25H29N3O5S2. The third-order valence-corrected chi connectivity index (χ3v) is 8.01. The summed E-state index contributed by atoms with van der Waals surface area (Å²) in [7, 11) is 1.55. The Morgan fingerprint density at radius 1 is 1.26 bits per heavy atom. The molecule has 1 aliphatic heterocycles. The molecule has 3 heterocycles. The number of aromatic nitrogens is 2. The van der Waals surface area contributed by atoms with Crippen LogP contribution in [0.15, 0.2) is 41.2 Å². The minimum Gasteiger partial charge on any atom is -0.496 e. The number of aliphatic hydroxyl groups is 1. The number of likely N-dealkylation sites (tertiary alicyclic amines) is 1. The Morgan fingerprint density at radius 3 is 2.57 bits per heavy atom. The van der Waals surface area contributed by atoms with E-state index in [1.54, 1.807) is 42.3 Å². The number of benzene rings is 1. The summed E-state index contributed by atoms with van der Waals surface area (Å²) in [5, 5.41) is 25.0. The number of rotatable bonds is 7. The maximum atomic E-state index is 14.2. The Bertz CT molecular complexity index is 1190. The van der Waals surface area contributed by atoms with Gasteiger partial charge in [-0.1, -0.05) is 26.8 Å². The van der Waals surface area contributed by atoms with Crippen molar-refractivity contribution in [2.45, 2.75) is 50.6 Å². The average Bonchev–Trinajstić information content (AvgIpc) is 3.58. The van der Waals surface area contributed by atoms with Gasteiger partial charge in [0.1, 0.15) is 16.3 Å². The lowest BCUT2D eigenvalue weighted by atomic mass is 9.85. The van der Waals surface area contributed by atoms with Crippen molar-refractivity contribution in [2.75, 3.05) is 13.7 Å². The highest BCUT2D eigenvalue weighted by molar-refractivity contribution is 7.09. The van der Waals surface area contributed by atoms with Crippen LogP contribution in [0.4, 0.5) is 0 Å². The molecule has 1 saturated heterocycles. The molecule has 3 atom stereocenters. The van der Waals surface area contributed by atoms with Crippen molar-refractivity contribution in [3.05, 3.63) is 63.1 Å². The standard InChI is InChI=1S/C25H29N3O5S2/c1-24(2,3)18-6-5-15(11-19(18)33-4)22(30)28-20(21-26-8-10-34-21)16(14-29)12-25(28,23(31)32)13-17-7-9-35-27-17/h5-11,16,20,29H,12-14H2,1-4H3,(H,31,32)/t16-,20-,25-/m1/s1. The van der Waals surface area contributed by atoms with Gasteiger partial charge in [0.15, 0.2) is 0 Å². The monoisotopic (exact) mass is 515 g/mol. The van der Waals surface area contributed by atoms with Crippen LogP contribution in [0.3, 0.4) is 0 Å². The third-order valence-electron chi connectivity index (χ3n) is 6.56. The van der Waals surface area contributed by atoms with E-state index in [0.29, 0.717) is 22.0 Å². The zero-order chi connectivity index (χ0) is 25.4. The van der Waals surface area contributed by atoms with Crippen LogP contribution in [-0.4, -0.2) is 55.6 Å². The average molecular weight is 516 g/mol. The first kappa shape index (κ1) is 25.3. The molecule has 0 spiro atoms. The van der Waals surface area contributed by atoms with Gasteiger partial charge in [0.2, 0.25) is 0 Å². The van der Waals surface area contributed by atoms with Gasteiger partial charge in [0.25, 0.3) is 5.91 Å². The number of hydrogen-bond acceptors (Lipinski definition) is 8. The lowest BCUT2D eigenvalue weighted by molar-refractivity contribution is -0.149. The molecule has 1 aliphatic rings. The van der Waals surface area contributed by atoms with E-state index in [0.717, 1.165) is 5.56 Å². The van der Waals surface area contributed by atoms with E-state index in [9.17, 15) is 19.8 Å². The normalized spacial score (nSPS) is 22.4. The van der Waals surface area contributed by atoms with Crippen LogP contribution in [-0.2, 0) is 16.6 Å². The zero-order valence-corrected chi connectivity index (χ0v) is 21.7. The maximum absolute atomic E-state index is 14.2. The Morgan fingerprint density at radius 2 is 2.03 bits per heavy atom. The predicted molar refractivity (Wildman–Crippen MR) is 134 cm³/mol. The Hall–Kier alpha value is -2.82. The first-order valence-corrected chi connectivity index (χ1v) is 13.0. The van der Waals surface area contributed by atoms with Crippen molar-refractivity contribution >= 4 is 34.7 Å². The number of carboxylic acids is 1. The Labute approximate surface area is 212 Å².